The van der Waals surface area contributed by atoms with Crippen LogP contribution >= 0.6 is 0 Å². The van der Waals surface area contributed by atoms with Gasteiger partial charge >= 0.3 is 0 Å². The highest BCUT2D eigenvalue weighted by molar-refractivity contribution is 5.94. The predicted molar refractivity (Wildman–Crippen MR) is 72.3 cm³/mol. The van der Waals surface area contributed by atoms with Crippen molar-refractivity contribution in [2.45, 2.75) is 6.92 Å². The van der Waals surface area contributed by atoms with Gasteiger partial charge in [-0.3, -0.25) is 4.79 Å². The first-order valence-corrected chi connectivity index (χ1v) is 6.10. The van der Waals surface area contributed by atoms with Crippen LogP contribution in [0.5, 0.6) is 0 Å². The van der Waals surface area contributed by atoms with Crippen molar-refractivity contribution in [1.29, 1.82) is 0 Å². The minimum Gasteiger partial charge on any atom is -0.395 e. The van der Waals surface area contributed by atoms with E-state index < -0.39 is 0 Å². The lowest BCUT2D eigenvalue weighted by Gasteiger charge is -2.15. The van der Waals surface area contributed by atoms with Crippen LogP contribution in [0.25, 0.3) is 5.69 Å². The second kappa shape index (κ2) is 5.67. The third kappa shape index (κ3) is 3.00. The van der Waals surface area contributed by atoms with Crippen molar-refractivity contribution in [2.75, 3.05) is 20.2 Å². The van der Waals surface area contributed by atoms with Crippen LogP contribution in [0.2, 0.25) is 0 Å². The number of aromatic nitrogens is 2. The molecule has 1 N–H and O–H groups in total. The maximum Gasteiger partial charge on any atom is 0.253 e. The molecule has 2 aromatic rings. The molecule has 0 unspecified atom stereocenters. The standard InChI is InChI=1S/C14H17N3O2/c1-11-9-15-17(10-11)13-5-3-12(4-6-13)14(19)16(2)7-8-18/h3-6,9-10,18H,7-8H2,1-2H3. The van der Waals surface area contributed by atoms with Gasteiger partial charge in [-0.15, -0.1) is 0 Å². The molecule has 0 fully saturated rings. The van der Waals surface area contributed by atoms with Gasteiger partial charge in [-0.2, -0.15) is 5.10 Å². The zero-order valence-electron chi connectivity index (χ0n) is 11.1. The molecule has 1 amide bonds. The maximum absolute atomic E-state index is 12.0. The lowest BCUT2D eigenvalue weighted by Crippen LogP contribution is -2.29. The SMILES string of the molecule is Cc1cnn(-c2ccc(C(=O)N(C)CCO)cc2)c1. The number of rotatable bonds is 4. The van der Waals surface area contributed by atoms with E-state index in [0.717, 1.165) is 11.3 Å². The molecule has 19 heavy (non-hydrogen) atoms. The van der Waals surface area contributed by atoms with E-state index in [1.165, 1.54) is 4.90 Å². The molecule has 0 atom stereocenters. The number of carbonyl (C=O) groups excluding carboxylic acids is 1. The summed E-state index contributed by atoms with van der Waals surface area (Å²) in [5.74, 6) is -0.0998. The van der Waals surface area contributed by atoms with Gasteiger partial charge in [0.1, 0.15) is 0 Å². The van der Waals surface area contributed by atoms with Crippen molar-refractivity contribution in [3.8, 4) is 5.69 Å². The fourth-order valence-corrected chi connectivity index (χ4v) is 1.78. The Morgan fingerprint density at radius 1 is 1.37 bits per heavy atom. The Hall–Kier alpha value is -2.14. The Kier molecular flexibility index (Phi) is 3.97. The van der Waals surface area contributed by atoms with E-state index in [9.17, 15) is 4.79 Å². The molecule has 0 saturated carbocycles. The van der Waals surface area contributed by atoms with Crippen LogP contribution < -0.4 is 0 Å². The topological polar surface area (TPSA) is 58.4 Å². The molecule has 5 heteroatoms. The molecule has 2 rings (SSSR count). The fourth-order valence-electron chi connectivity index (χ4n) is 1.78. The molecule has 0 bridgehead atoms. The number of benzene rings is 1. The van der Waals surface area contributed by atoms with E-state index in [2.05, 4.69) is 5.10 Å². The molecule has 1 heterocycles. The van der Waals surface area contributed by atoms with Gasteiger partial charge in [-0.05, 0) is 36.8 Å². The molecule has 1 aromatic carbocycles. The fraction of sp³-hybridized carbons (Fsp3) is 0.286. The van der Waals surface area contributed by atoms with Crippen molar-refractivity contribution in [3.05, 3.63) is 47.8 Å². The zero-order chi connectivity index (χ0) is 13.8. The van der Waals surface area contributed by atoms with Gasteiger partial charge in [0.05, 0.1) is 18.5 Å². The summed E-state index contributed by atoms with van der Waals surface area (Å²) in [5.41, 5.74) is 2.60. The normalized spacial score (nSPS) is 10.5. The Morgan fingerprint density at radius 2 is 2.05 bits per heavy atom. The van der Waals surface area contributed by atoms with E-state index in [1.807, 2.05) is 25.3 Å². The Bertz CT molecular complexity index is 560. The van der Waals surface area contributed by atoms with Crippen LogP contribution in [0.1, 0.15) is 15.9 Å². The number of nitrogens with zero attached hydrogens (tertiary/aromatic N) is 3. The van der Waals surface area contributed by atoms with Crippen molar-refractivity contribution < 1.29 is 9.90 Å². The highest BCUT2D eigenvalue weighted by Gasteiger charge is 2.10. The van der Waals surface area contributed by atoms with Gasteiger partial charge in [0.2, 0.25) is 0 Å². The minimum atomic E-state index is -0.0998. The Labute approximate surface area is 112 Å². The van der Waals surface area contributed by atoms with Crippen molar-refractivity contribution >= 4 is 5.91 Å². The van der Waals surface area contributed by atoms with Gasteiger partial charge in [0, 0.05) is 25.4 Å². The van der Waals surface area contributed by atoms with Gasteiger partial charge in [0.25, 0.3) is 5.91 Å². The van der Waals surface area contributed by atoms with Crippen LogP contribution in [0.4, 0.5) is 0 Å². The number of amides is 1. The largest absolute Gasteiger partial charge is 0.395 e. The molecule has 0 saturated heterocycles. The molecular weight excluding hydrogens is 242 g/mol. The van der Waals surface area contributed by atoms with E-state index in [1.54, 1.807) is 30.1 Å². The average Bonchev–Trinajstić information content (AvgIpc) is 2.85. The smallest absolute Gasteiger partial charge is 0.253 e. The molecule has 0 radical (unpaired) electrons. The third-order valence-corrected chi connectivity index (χ3v) is 2.87. The molecular formula is C14H17N3O2. The Morgan fingerprint density at radius 3 is 2.58 bits per heavy atom. The highest BCUT2D eigenvalue weighted by Crippen LogP contribution is 2.11. The zero-order valence-corrected chi connectivity index (χ0v) is 11.1. The summed E-state index contributed by atoms with van der Waals surface area (Å²) in [7, 11) is 1.67. The highest BCUT2D eigenvalue weighted by atomic mass is 16.3. The first-order valence-electron chi connectivity index (χ1n) is 6.10. The molecule has 1 aromatic heterocycles. The number of aliphatic hydroxyl groups is 1. The number of carbonyl (C=O) groups is 1. The summed E-state index contributed by atoms with van der Waals surface area (Å²) in [5, 5.41) is 13.0. The van der Waals surface area contributed by atoms with Gasteiger partial charge in [-0.25, -0.2) is 4.68 Å². The summed E-state index contributed by atoms with van der Waals surface area (Å²) in [6.45, 7) is 2.27. The van der Waals surface area contributed by atoms with Crippen LogP contribution in [-0.2, 0) is 0 Å². The van der Waals surface area contributed by atoms with Crippen LogP contribution in [0.3, 0.4) is 0 Å². The monoisotopic (exact) mass is 259 g/mol. The molecule has 0 aliphatic carbocycles. The van der Waals surface area contributed by atoms with Crippen molar-refractivity contribution in [3.63, 3.8) is 0 Å². The van der Waals surface area contributed by atoms with Crippen molar-refractivity contribution in [1.82, 2.24) is 14.7 Å². The quantitative estimate of drug-likeness (QED) is 0.899. The number of aliphatic hydroxyl groups excluding tert-OH is 1. The molecule has 5 nitrogen and oxygen atoms in total. The second-order valence-corrected chi connectivity index (χ2v) is 4.46. The van der Waals surface area contributed by atoms with E-state index in [-0.39, 0.29) is 12.5 Å². The van der Waals surface area contributed by atoms with Gasteiger partial charge < -0.3 is 10.0 Å². The second-order valence-electron chi connectivity index (χ2n) is 4.46. The predicted octanol–water partition coefficient (Wildman–Crippen LogP) is 1.25. The number of likely N-dealkylation sites (N-methyl/N-ethyl adjacent to an activating group) is 1. The molecule has 0 aliphatic heterocycles. The van der Waals surface area contributed by atoms with Crippen LogP contribution in [-0.4, -0.2) is 45.9 Å². The summed E-state index contributed by atoms with van der Waals surface area (Å²) < 4.78 is 1.76. The summed E-state index contributed by atoms with van der Waals surface area (Å²) in [4.78, 5) is 13.5. The first kappa shape index (κ1) is 13.3. The lowest BCUT2D eigenvalue weighted by molar-refractivity contribution is 0.0767. The third-order valence-electron chi connectivity index (χ3n) is 2.87. The number of hydrogen-bond acceptors (Lipinski definition) is 3. The molecule has 0 aliphatic rings. The molecule has 100 valence electrons. The summed E-state index contributed by atoms with van der Waals surface area (Å²) >= 11 is 0. The number of aryl methyl sites for hydroxylation is 1. The van der Waals surface area contributed by atoms with Gasteiger partial charge in [0.15, 0.2) is 0 Å². The van der Waals surface area contributed by atoms with Gasteiger partial charge in [-0.1, -0.05) is 0 Å². The van der Waals surface area contributed by atoms with E-state index in [0.29, 0.717) is 12.1 Å². The van der Waals surface area contributed by atoms with E-state index in [4.69, 9.17) is 5.11 Å². The minimum absolute atomic E-state index is 0.0348. The lowest BCUT2D eigenvalue weighted by atomic mass is 10.2. The Balaban J connectivity index is 2.16. The van der Waals surface area contributed by atoms with E-state index >= 15 is 0 Å². The summed E-state index contributed by atoms with van der Waals surface area (Å²) in [6.07, 6.45) is 3.71. The number of hydrogen-bond donors (Lipinski definition) is 1. The average molecular weight is 259 g/mol. The summed E-state index contributed by atoms with van der Waals surface area (Å²) in [6, 6.07) is 7.24. The first-order chi connectivity index (χ1) is 9.11. The van der Waals surface area contributed by atoms with Crippen LogP contribution in [0.15, 0.2) is 36.7 Å². The van der Waals surface area contributed by atoms with Crippen molar-refractivity contribution in [2.24, 2.45) is 0 Å². The maximum atomic E-state index is 12.0. The van der Waals surface area contributed by atoms with Crippen LogP contribution in [0, 0.1) is 6.92 Å². The molecule has 0 spiro atoms.